The molecule has 5 nitrogen and oxygen atoms in total. The molecule has 5 heteroatoms. The number of hydrogen-bond acceptors (Lipinski definition) is 4. The summed E-state index contributed by atoms with van der Waals surface area (Å²) >= 11 is 0. The largest absolute Gasteiger partial charge is 0.545 e. The van der Waals surface area contributed by atoms with Crippen molar-refractivity contribution in [3.63, 3.8) is 0 Å². The molecule has 1 aromatic rings. The van der Waals surface area contributed by atoms with Crippen molar-refractivity contribution in [3.05, 3.63) is 47.0 Å². The van der Waals surface area contributed by atoms with E-state index < -0.39 is 5.97 Å². The van der Waals surface area contributed by atoms with Crippen LogP contribution in [0.25, 0.3) is 0 Å². The number of rotatable bonds is 3. The van der Waals surface area contributed by atoms with Crippen LogP contribution >= 0.6 is 0 Å². The number of nitrogens with zero attached hydrogens (tertiary/aromatic N) is 1. The highest BCUT2D eigenvalue weighted by atomic mass is 16.4. The molecule has 2 rings (SSSR count). The van der Waals surface area contributed by atoms with Gasteiger partial charge in [-0.05, 0) is 18.1 Å². The molecule has 0 saturated heterocycles. The normalized spacial score (nSPS) is 14.9. The van der Waals surface area contributed by atoms with Crippen molar-refractivity contribution in [2.24, 2.45) is 0 Å². The van der Waals surface area contributed by atoms with Crippen LogP contribution in [0.2, 0.25) is 0 Å². The lowest BCUT2D eigenvalue weighted by Crippen LogP contribution is -2.30. The van der Waals surface area contributed by atoms with Crippen molar-refractivity contribution in [3.8, 4) is 0 Å². The van der Waals surface area contributed by atoms with E-state index >= 15 is 0 Å². The Labute approximate surface area is 103 Å². The Morgan fingerprint density at radius 2 is 1.83 bits per heavy atom. The highest BCUT2D eigenvalue weighted by molar-refractivity contribution is 6.15. The minimum atomic E-state index is -1.26. The Kier molecular flexibility index (Phi) is 2.97. The predicted octanol–water partition coefficient (Wildman–Crippen LogP) is -0.135. The topological polar surface area (TPSA) is 77.5 Å². The lowest BCUT2D eigenvalue weighted by atomic mass is 10.1. The average Bonchev–Trinajstić information content (AvgIpc) is 2.57. The van der Waals surface area contributed by atoms with Crippen molar-refractivity contribution < 1.29 is 19.5 Å². The van der Waals surface area contributed by atoms with Gasteiger partial charge in [-0.1, -0.05) is 24.3 Å². The van der Waals surface area contributed by atoms with Crippen molar-refractivity contribution >= 4 is 17.8 Å². The van der Waals surface area contributed by atoms with Gasteiger partial charge in [0.05, 0.1) is 12.5 Å². The van der Waals surface area contributed by atoms with Gasteiger partial charge < -0.3 is 9.90 Å². The smallest absolute Gasteiger partial charge is 0.256 e. The van der Waals surface area contributed by atoms with E-state index in [0.29, 0.717) is 11.1 Å². The summed E-state index contributed by atoms with van der Waals surface area (Å²) in [6, 6.07) is 5.88. The van der Waals surface area contributed by atoms with Crippen LogP contribution in [-0.2, 0) is 16.1 Å². The first-order valence-electron chi connectivity index (χ1n) is 5.33. The number of imide groups is 1. The van der Waals surface area contributed by atoms with E-state index in [9.17, 15) is 19.5 Å². The Morgan fingerprint density at radius 1 is 1.22 bits per heavy atom. The van der Waals surface area contributed by atoms with Gasteiger partial charge in [0.1, 0.15) is 0 Å². The SMILES string of the molecule is CC1=CC(=O)N(Cc2ccc(C(=O)[O-])cc2)C1=O. The number of carboxylic acids is 1. The minimum Gasteiger partial charge on any atom is -0.545 e. The summed E-state index contributed by atoms with van der Waals surface area (Å²) in [6.07, 6.45) is 1.29. The molecule has 0 unspecified atom stereocenters. The standard InChI is InChI=1S/C13H11NO4/c1-8-6-11(15)14(12(8)16)7-9-2-4-10(5-3-9)13(17)18/h2-6H,7H2,1H3,(H,17,18)/p-1. The molecule has 0 spiro atoms. The molecule has 1 aliphatic rings. The van der Waals surface area contributed by atoms with Crippen molar-refractivity contribution in [1.82, 2.24) is 4.90 Å². The first kappa shape index (κ1) is 12.0. The van der Waals surface area contributed by atoms with Crippen LogP contribution in [0, 0.1) is 0 Å². The summed E-state index contributed by atoms with van der Waals surface area (Å²) < 4.78 is 0. The number of carbonyl (C=O) groups is 3. The maximum Gasteiger partial charge on any atom is 0.256 e. The number of aromatic carboxylic acids is 1. The summed E-state index contributed by atoms with van der Waals surface area (Å²) in [7, 11) is 0. The Morgan fingerprint density at radius 3 is 2.28 bits per heavy atom. The van der Waals surface area contributed by atoms with E-state index in [4.69, 9.17) is 0 Å². The minimum absolute atomic E-state index is 0.0622. The molecule has 0 saturated carbocycles. The summed E-state index contributed by atoms with van der Waals surface area (Å²) in [6.45, 7) is 1.72. The Hall–Kier alpha value is -2.43. The van der Waals surface area contributed by atoms with E-state index in [2.05, 4.69) is 0 Å². The molecule has 0 bridgehead atoms. The van der Waals surface area contributed by atoms with E-state index in [0.717, 1.165) is 4.90 Å². The molecule has 1 heterocycles. The quantitative estimate of drug-likeness (QED) is 0.694. The van der Waals surface area contributed by atoms with Gasteiger partial charge in [-0.2, -0.15) is 0 Å². The molecule has 0 radical (unpaired) electrons. The van der Waals surface area contributed by atoms with E-state index in [1.807, 2.05) is 0 Å². The van der Waals surface area contributed by atoms with Crippen LogP contribution in [0.3, 0.4) is 0 Å². The third-order valence-electron chi connectivity index (χ3n) is 2.72. The van der Waals surface area contributed by atoms with Crippen LogP contribution < -0.4 is 5.11 Å². The summed E-state index contributed by atoms with van der Waals surface area (Å²) in [4.78, 5) is 34.8. The van der Waals surface area contributed by atoms with Crippen molar-refractivity contribution in [1.29, 1.82) is 0 Å². The zero-order chi connectivity index (χ0) is 13.3. The fourth-order valence-corrected chi connectivity index (χ4v) is 1.72. The van der Waals surface area contributed by atoms with E-state index in [1.165, 1.54) is 18.2 Å². The second kappa shape index (κ2) is 4.44. The highest BCUT2D eigenvalue weighted by Crippen LogP contribution is 2.16. The maximum absolute atomic E-state index is 11.6. The molecule has 1 aliphatic heterocycles. The molecule has 0 fully saturated rings. The molecular formula is C13H10NO4-. The summed E-state index contributed by atoms with van der Waals surface area (Å²) in [5.41, 5.74) is 1.16. The molecule has 1 aromatic carbocycles. The number of hydrogen-bond donors (Lipinski definition) is 0. The van der Waals surface area contributed by atoms with Crippen LogP contribution in [0.15, 0.2) is 35.9 Å². The molecule has 18 heavy (non-hydrogen) atoms. The molecule has 0 aromatic heterocycles. The molecule has 0 N–H and O–H groups in total. The fourth-order valence-electron chi connectivity index (χ4n) is 1.72. The van der Waals surface area contributed by atoms with Crippen molar-refractivity contribution in [2.45, 2.75) is 13.5 Å². The third-order valence-corrected chi connectivity index (χ3v) is 2.72. The Balaban J connectivity index is 2.13. The van der Waals surface area contributed by atoms with Crippen molar-refractivity contribution in [2.75, 3.05) is 0 Å². The lowest BCUT2D eigenvalue weighted by Gasteiger charge is -2.14. The second-order valence-electron chi connectivity index (χ2n) is 4.04. The predicted molar refractivity (Wildman–Crippen MR) is 60.1 cm³/mol. The van der Waals surface area contributed by atoms with Crippen LogP contribution in [0.5, 0.6) is 0 Å². The van der Waals surface area contributed by atoms with E-state index in [-0.39, 0.29) is 23.9 Å². The second-order valence-corrected chi connectivity index (χ2v) is 4.04. The van der Waals surface area contributed by atoms with Gasteiger partial charge in [-0.3, -0.25) is 14.5 Å². The van der Waals surface area contributed by atoms with Gasteiger partial charge in [0, 0.05) is 11.6 Å². The first-order valence-corrected chi connectivity index (χ1v) is 5.33. The van der Waals surface area contributed by atoms with Gasteiger partial charge in [0.15, 0.2) is 0 Å². The van der Waals surface area contributed by atoms with Crippen LogP contribution in [-0.4, -0.2) is 22.7 Å². The van der Waals surface area contributed by atoms with Gasteiger partial charge in [-0.25, -0.2) is 0 Å². The number of benzene rings is 1. The molecule has 92 valence electrons. The zero-order valence-electron chi connectivity index (χ0n) is 9.67. The highest BCUT2D eigenvalue weighted by Gasteiger charge is 2.27. The third kappa shape index (κ3) is 2.15. The summed E-state index contributed by atoms with van der Waals surface area (Å²) in [5.74, 6) is -1.92. The zero-order valence-corrected chi connectivity index (χ0v) is 9.67. The van der Waals surface area contributed by atoms with Crippen LogP contribution in [0.4, 0.5) is 0 Å². The number of carbonyl (C=O) groups excluding carboxylic acids is 3. The maximum atomic E-state index is 11.6. The molecule has 0 atom stereocenters. The van der Waals surface area contributed by atoms with E-state index in [1.54, 1.807) is 19.1 Å². The fraction of sp³-hybridized carbons (Fsp3) is 0.154. The van der Waals surface area contributed by atoms with Gasteiger partial charge in [0.2, 0.25) is 0 Å². The molecular weight excluding hydrogens is 234 g/mol. The number of carboxylic acid groups (broad SMARTS) is 1. The first-order chi connectivity index (χ1) is 8.49. The lowest BCUT2D eigenvalue weighted by molar-refractivity contribution is -0.255. The van der Waals surface area contributed by atoms with Gasteiger partial charge in [0.25, 0.3) is 11.8 Å². The van der Waals surface area contributed by atoms with Gasteiger partial charge in [-0.15, -0.1) is 0 Å². The van der Waals surface area contributed by atoms with Crippen LogP contribution in [0.1, 0.15) is 22.8 Å². The molecule has 2 amide bonds. The average molecular weight is 244 g/mol. The summed E-state index contributed by atoms with van der Waals surface area (Å²) in [5, 5.41) is 10.6. The number of amides is 2. The molecule has 0 aliphatic carbocycles. The Bertz CT molecular complexity index is 557. The monoisotopic (exact) mass is 244 g/mol. The van der Waals surface area contributed by atoms with Gasteiger partial charge >= 0.3 is 0 Å².